The van der Waals surface area contributed by atoms with Crippen LogP contribution >= 0.6 is 0 Å². The minimum absolute atomic E-state index is 0.188. The van der Waals surface area contributed by atoms with Crippen molar-refractivity contribution in [3.63, 3.8) is 0 Å². The van der Waals surface area contributed by atoms with Gasteiger partial charge in [-0.3, -0.25) is 9.59 Å². The van der Waals surface area contributed by atoms with E-state index in [0.29, 0.717) is 35.8 Å². The summed E-state index contributed by atoms with van der Waals surface area (Å²) in [7, 11) is 1.59. The van der Waals surface area contributed by atoms with Gasteiger partial charge in [0.1, 0.15) is 11.6 Å². The molecule has 0 radical (unpaired) electrons. The minimum atomic E-state index is -0.276. The quantitative estimate of drug-likeness (QED) is 0.572. The van der Waals surface area contributed by atoms with E-state index in [0.717, 1.165) is 30.6 Å². The van der Waals surface area contributed by atoms with Crippen LogP contribution in [-0.2, 0) is 11.3 Å². The van der Waals surface area contributed by atoms with Crippen molar-refractivity contribution in [3.8, 4) is 5.75 Å². The first kappa shape index (κ1) is 21.4. The summed E-state index contributed by atoms with van der Waals surface area (Å²) < 4.78 is 5.38. The number of rotatable bonds is 7. The molecular weight excluding hydrogens is 404 g/mol. The lowest BCUT2D eigenvalue weighted by atomic mass is 10.1. The Morgan fingerprint density at radius 3 is 2.81 bits per heavy atom. The van der Waals surface area contributed by atoms with Crippen molar-refractivity contribution in [3.05, 3.63) is 78.0 Å². The number of nitrogens with one attached hydrogen (secondary N) is 2. The van der Waals surface area contributed by atoms with Crippen molar-refractivity contribution in [2.75, 3.05) is 24.3 Å². The summed E-state index contributed by atoms with van der Waals surface area (Å²) in [5.41, 5.74) is 2.78. The predicted molar refractivity (Wildman–Crippen MR) is 124 cm³/mol. The molecule has 1 saturated heterocycles. The molecule has 7 heteroatoms. The van der Waals surface area contributed by atoms with Crippen LogP contribution in [-0.4, -0.2) is 35.4 Å². The zero-order valence-electron chi connectivity index (χ0n) is 18.0. The number of ether oxygens (including phenoxy) is 1. The predicted octanol–water partition coefficient (Wildman–Crippen LogP) is 4.60. The molecule has 2 N–H and O–H groups in total. The molecule has 1 aromatic heterocycles. The van der Waals surface area contributed by atoms with Crippen LogP contribution in [0.25, 0.3) is 0 Å². The maximum absolute atomic E-state index is 13.0. The Labute approximate surface area is 187 Å². The standard InChI is InChI=1S/C25H26N4O3/c1-32-22-12-3-2-11-21(22)28-24-20(10-7-14-26-24)25(31)27-19-9-6-8-18(16-19)17-29-15-5-4-13-23(29)30/h2-3,6-12,14,16H,4-5,13,15,17H2,1H3,(H,26,28)(H,27,31). The normalized spacial score (nSPS) is 13.5. The molecule has 0 saturated carbocycles. The maximum Gasteiger partial charge on any atom is 0.259 e. The highest BCUT2D eigenvalue weighted by Crippen LogP contribution is 2.28. The zero-order valence-corrected chi connectivity index (χ0v) is 18.0. The molecule has 3 aromatic rings. The van der Waals surface area contributed by atoms with E-state index in [2.05, 4.69) is 15.6 Å². The number of anilines is 3. The molecule has 0 bridgehead atoms. The van der Waals surface area contributed by atoms with Crippen molar-refractivity contribution in [2.45, 2.75) is 25.8 Å². The van der Waals surface area contributed by atoms with Gasteiger partial charge in [0.05, 0.1) is 18.4 Å². The molecule has 1 aliphatic rings. The van der Waals surface area contributed by atoms with E-state index in [1.807, 2.05) is 53.4 Å². The Morgan fingerprint density at radius 1 is 1.09 bits per heavy atom. The van der Waals surface area contributed by atoms with Gasteiger partial charge in [-0.2, -0.15) is 0 Å². The highest BCUT2D eigenvalue weighted by molar-refractivity contribution is 6.07. The Hall–Kier alpha value is -3.87. The van der Waals surface area contributed by atoms with Gasteiger partial charge in [-0.25, -0.2) is 4.98 Å². The number of carbonyl (C=O) groups is 2. The zero-order chi connectivity index (χ0) is 22.3. The third-order valence-corrected chi connectivity index (χ3v) is 5.39. The van der Waals surface area contributed by atoms with Crippen LogP contribution in [0.1, 0.15) is 35.2 Å². The van der Waals surface area contributed by atoms with Crippen LogP contribution in [0.2, 0.25) is 0 Å². The second-order valence-corrected chi connectivity index (χ2v) is 7.65. The van der Waals surface area contributed by atoms with E-state index >= 15 is 0 Å². The number of amides is 2. The lowest BCUT2D eigenvalue weighted by Gasteiger charge is -2.26. The molecular formula is C25H26N4O3. The SMILES string of the molecule is COc1ccccc1Nc1ncccc1C(=O)Nc1cccc(CN2CCCCC2=O)c1. The number of likely N-dealkylation sites (tertiary alicyclic amines) is 1. The molecule has 7 nitrogen and oxygen atoms in total. The largest absolute Gasteiger partial charge is 0.495 e. The van der Waals surface area contributed by atoms with E-state index in [-0.39, 0.29) is 11.8 Å². The summed E-state index contributed by atoms with van der Waals surface area (Å²) in [6, 6.07) is 18.5. The van der Waals surface area contributed by atoms with Crippen LogP contribution < -0.4 is 15.4 Å². The first-order chi connectivity index (χ1) is 15.6. The molecule has 2 aromatic carbocycles. The van der Waals surface area contributed by atoms with E-state index in [1.165, 1.54) is 0 Å². The molecule has 32 heavy (non-hydrogen) atoms. The van der Waals surface area contributed by atoms with Gasteiger partial charge >= 0.3 is 0 Å². The van der Waals surface area contributed by atoms with Crippen molar-refractivity contribution < 1.29 is 14.3 Å². The number of para-hydroxylation sites is 2. The van der Waals surface area contributed by atoms with E-state index in [1.54, 1.807) is 25.4 Å². The Morgan fingerprint density at radius 2 is 1.97 bits per heavy atom. The summed E-state index contributed by atoms with van der Waals surface area (Å²) >= 11 is 0. The molecule has 4 rings (SSSR count). The maximum atomic E-state index is 13.0. The molecule has 164 valence electrons. The Bertz CT molecular complexity index is 1120. The number of piperidine rings is 1. The van der Waals surface area contributed by atoms with Gasteiger partial charge in [0, 0.05) is 31.4 Å². The van der Waals surface area contributed by atoms with Gasteiger partial charge in [0.25, 0.3) is 5.91 Å². The summed E-state index contributed by atoms with van der Waals surface area (Å²) in [6.07, 6.45) is 4.23. The van der Waals surface area contributed by atoms with Crippen LogP contribution in [0.4, 0.5) is 17.2 Å². The van der Waals surface area contributed by atoms with Crippen molar-refractivity contribution in [1.29, 1.82) is 0 Å². The first-order valence-corrected chi connectivity index (χ1v) is 10.7. The number of hydrogen-bond acceptors (Lipinski definition) is 5. The second-order valence-electron chi connectivity index (χ2n) is 7.65. The van der Waals surface area contributed by atoms with Crippen LogP contribution in [0.5, 0.6) is 5.75 Å². The molecule has 0 unspecified atom stereocenters. The number of pyridine rings is 1. The third-order valence-electron chi connectivity index (χ3n) is 5.39. The van der Waals surface area contributed by atoms with Crippen molar-refractivity contribution >= 4 is 29.0 Å². The fraction of sp³-hybridized carbons (Fsp3) is 0.240. The monoisotopic (exact) mass is 430 g/mol. The summed E-state index contributed by atoms with van der Waals surface area (Å²) in [4.78, 5) is 31.4. The number of hydrogen-bond donors (Lipinski definition) is 2. The first-order valence-electron chi connectivity index (χ1n) is 10.7. The van der Waals surface area contributed by atoms with Gasteiger partial charge in [0.2, 0.25) is 5.91 Å². The van der Waals surface area contributed by atoms with Gasteiger partial charge < -0.3 is 20.3 Å². The van der Waals surface area contributed by atoms with Crippen LogP contribution in [0.15, 0.2) is 66.9 Å². The molecule has 1 aliphatic heterocycles. The average molecular weight is 431 g/mol. The topological polar surface area (TPSA) is 83.6 Å². The van der Waals surface area contributed by atoms with Crippen molar-refractivity contribution in [2.24, 2.45) is 0 Å². The number of nitrogens with zero attached hydrogens (tertiary/aromatic N) is 2. The molecule has 2 heterocycles. The number of carbonyl (C=O) groups excluding carboxylic acids is 2. The Kier molecular flexibility index (Phi) is 6.65. The molecule has 0 aliphatic carbocycles. The molecule has 1 fully saturated rings. The highest BCUT2D eigenvalue weighted by atomic mass is 16.5. The van der Waals surface area contributed by atoms with E-state index in [9.17, 15) is 9.59 Å². The van der Waals surface area contributed by atoms with Crippen LogP contribution in [0, 0.1) is 0 Å². The minimum Gasteiger partial charge on any atom is -0.495 e. The van der Waals surface area contributed by atoms with E-state index < -0.39 is 0 Å². The van der Waals surface area contributed by atoms with Gasteiger partial charge in [0.15, 0.2) is 0 Å². The second kappa shape index (κ2) is 9.96. The lowest BCUT2D eigenvalue weighted by molar-refractivity contribution is -0.133. The van der Waals surface area contributed by atoms with Gasteiger partial charge in [-0.05, 0) is 54.8 Å². The Balaban J connectivity index is 1.49. The fourth-order valence-corrected chi connectivity index (χ4v) is 3.76. The molecule has 0 atom stereocenters. The molecule has 2 amide bonds. The van der Waals surface area contributed by atoms with E-state index in [4.69, 9.17) is 4.74 Å². The summed E-state index contributed by atoms with van der Waals surface area (Å²) in [6.45, 7) is 1.33. The fourth-order valence-electron chi connectivity index (χ4n) is 3.76. The summed E-state index contributed by atoms with van der Waals surface area (Å²) in [5, 5.41) is 6.14. The van der Waals surface area contributed by atoms with Crippen LogP contribution in [0.3, 0.4) is 0 Å². The van der Waals surface area contributed by atoms with Gasteiger partial charge in [-0.1, -0.05) is 24.3 Å². The number of aromatic nitrogens is 1. The number of methoxy groups -OCH3 is 1. The summed E-state index contributed by atoms with van der Waals surface area (Å²) in [5.74, 6) is 1.00. The van der Waals surface area contributed by atoms with Gasteiger partial charge in [-0.15, -0.1) is 0 Å². The molecule has 0 spiro atoms. The smallest absolute Gasteiger partial charge is 0.259 e. The highest BCUT2D eigenvalue weighted by Gasteiger charge is 2.18. The number of benzene rings is 2. The third kappa shape index (κ3) is 5.06. The average Bonchev–Trinajstić information content (AvgIpc) is 2.81. The lowest BCUT2D eigenvalue weighted by Crippen LogP contribution is -2.34. The van der Waals surface area contributed by atoms with Crippen molar-refractivity contribution in [1.82, 2.24) is 9.88 Å².